The van der Waals surface area contributed by atoms with Gasteiger partial charge in [0.25, 0.3) is 0 Å². The van der Waals surface area contributed by atoms with Crippen LogP contribution >= 0.6 is 0 Å². The first-order valence-corrected chi connectivity index (χ1v) is 7.40. The van der Waals surface area contributed by atoms with E-state index >= 15 is 0 Å². The maximum atomic E-state index is 5.33. The topological polar surface area (TPSA) is 30.5 Å². The number of hydrogen-bond donors (Lipinski definition) is 1. The van der Waals surface area contributed by atoms with Gasteiger partial charge in [-0.1, -0.05) is 18.2 Å². The molecule has 20 heavy (non-hydrogen) atoms. The molecule has 0 saturated heterocycles. The Kier molecular flexibility index (Phi) is 5.93. The molecule has 0 heterocycles. The fourth-order valence-corrected chi connectivity index (χ4v) is 2.62. The van der Waals surface area contributed by atoms with Gasteiger partial charge in [-0.15, -0.1) is 0 Å². The fraction of sp³-hybridized carbons (Fsp3) is 0.529. The number of methoxy groups -OCH3 is 2. The van der Waals surface area contributed by atoms with Gasteiger partial charge in [0.15, 0.2) is 11.5 Å². The van der Waals surface area contributed by atoms with Gasteiger partial charge in [-0.3, -0.25) is 0 Å². The summed E-state index contributed by atoms with van der Waals surface area (Å²) in [6.07, 6.45) is 9.40. The Morgan fingerprint density at radius 1 is 1.15 bits per heavy atom. The highest BCUT2D eigenvalue weighted by atomic mass is 16.5. The molecule has 1 N–H and O–H groups in total. The maximum Gasteiger partial charge on any atom is 0.160 e. The lowest BCUT2D eigenvalue weighted by atomic mass is 9.94. The van der Waals surface area contributed by atoms with Gasteiger partial charge in [-0.2, -0.15) is 0 Å². The predicted molar refractivity (Wildman–Crippen MR) is 82.6 cm³/mol. The minimum absolute atomic E-state index is 0.790. The van der Waals surface area contributed by atoms with Crippen molar-refractivity contribution in [1.29, 1.82) is 0 Å². The van der Waals surface area contributed by atoms with E-state index in [9.17, 15) is 0 Å². The Balaban J connectivity index is 1.74. The van der Waals surface area contributed by atoms with Gasteiger partial charge < -0.3 is 14.8 Å². The lowest BCUT2D eigenvalue weighted by Gasteiger charge is -2.18. The van der Waals surface area contributed by atoms with Gasteiger partial charge in [0.2, 0.25) is 0 Å². The van der Waals surface area contributed by atoms with Gasteiger partial charge in [-0.05, 0) is 62.4 Å². The molecule has 0 amide bonds. The van der Waals surface area contributed by atoms with Crippen molar-refractivity contribution >= 4 is 0 Å². The summed E-state index contributed by atoms with van der Waals surface area (Å²) in [4.78, 5) is 0. The molecule has 3 heteroatoms. The summed E-state index contributed by atoms with van der Waals surface area (Å²) in [5, 5.41) is 3.56. The third-order valence-electron chi connectivity index (χ3n) is 3.85. The Morgan fingerprint density at radius 2 is 2.00 bits per heavy atom. The molecule has 1 atom stereocenters. The van der Waals surface area contributed by atoms with Crippen LogP contribution in [0.25, 0.3) is 0 Å². The molecular formula is C17H25NO2. The third kappa shape index (κ3) is 4.27. The Bertz CT molecular complexity index is 443. The molecule has 0 bridgehead atoms. The summed E-state index contributed by atoms with van der Waals surface area (Å²) in [6.45, 7) is 2.13. The summed E-state index contributed by atoms with van der Waals surface area (Å²) in [5.41, 5.74) is 1.28. The highest BCUT2D eigenvalue weighted by Crippen LogP contribution is 2.27. The highest BCUT2D eigenvalue weighted by Gasteiger charge is 2.09. The summed E-state index contributed by atoms with van der Waals surface area (Å²) in [6, 6.07) is 6.14. The molecule has 1 aromatic carbocycles. The predicted octanol–water partition coefficient (Wildman–Crippen LogP) is 3.19. The maximum absolute atomic E-state index is 5.33. The van der Waals surface area contributed by atoms with Crippen LogP contribution in [0.4, 0.5) is 0 Å². The molecule has 2 rings (SSSR count). The van der Waals surface area contributed by atoms with E-state index in [0.717, 1.165) is 36.9 Å². The second-order valence-corrected chi connectivity index (χ2v) is 5.29. The standard InChI is InChI=1S/C17H25NO2/c1-19-16-9-8-14(12-17(16)20-2)10-11-18-13-15-6-4-3-5-7-15/h3-4,8-9,12,15,18H,5-7,10-11,13H2,1-2H3. The number of hydrogen-bond acceptors (Lipinski definition) is 3. The van der Waals surface area contributed by atoms with E-state index in [4.69, 9.17) is 9.47 Å². The quantitative estimate of drug-likeness (QED) is 0.612. The van der Waals surface area contributed by atoms with Crippen LogP contribution in [0, 0.1) is 5.92 Å². The molecule has 0 aromatic heterocycles. The molecule has 0 saturated carbocycles. The van der Waals surface area contributed by atoms with E-state index in [1.165, 1.54) is 24.8 Å². The van der Waals surface area contributed by atoms with Crippen LogP contribution in [0.15, 0.2) is 30.4 Å². The summed E-state index contributed by atoms with van der Waals surface area (Å²) in [7, 11) is 3.34. The van der Waals surface area contributed by atoms with E-state index in [2.05, 4.69) is 29.6 Å². The number of allylic oxidation sites excluding steroid dienone is 2. The smallest absolute Gasteiger partial charge is 0.160 e. The molecule has 0 aliphatic heterocycles. The first-order chi connectivity index (χ1) is 9.83. The minimum atomic E-state index is 0.790. The van der Waals surface area contributed by atoms with Crippen LogP contribution in [0.2, 0.25) is 0 Å². The number of benzene rings is 1. The van der Waals surface area contributed by atoms with Gasteiger partial charge in [0, 0.05) is 0 Å². The monoisotopic (exact) mass is 275 g/mol. The van der Waals surface area contributed by atoms with Gasteiger partial charge in [-0.25, -0.2) is 0 Å². The number of rotatable bonds is 7. The summed E-state index contributed by atoms with van der Waals surface area (Å²) in [5.74, 6) is 2.41. The van der Waals surface area contributed by atoms with Crippen LogP contribution in [-0.4, -0.2) is 27.3 Å². The largest absolute Gasteiger partial charge is 0.493 e. The zero-order chi connectivity index (χ0) is 14.2. The number of ether oxygens (including phenoxy) is 2. The second kappa shape index (κ2) is 7.95. The third-order valence-corrected chi connectivity index (χ3v) is 3.85. The van der Waals surface area contributed by atoms with Gasteiger partial charge in [0.05, 0.1) is 14.2 Å². The molecule has 1 unspecified atom stereocenters. The van der Waals surface area contributed by atoms with Crippen molar-refractivity contribution in [3.63, 3.8) is 0 Å². The Labute approximate surface area is 122 Å². The summed E-state index contributed by atoms with van der Waals surface area (Å²) >= 11 is 0. The average molecular weight is 275 g/mol. The molecule has 1 aromatic rings. The lowest BCUT2D eigenvalue weighted by molar-refractivity contribution is 0.354. The molecule has 0 radical (unpaired) electrons. The van der Waals surface area contributed by atoms with Crippen LogP contribution in [0.5, 0.6) is 11.5 Å². The lowest BCUT2D eigenvalue weighted by Crippen LogP contribution is -2.25. The van der Waals surface area contributed by atoms with Crippen molar-refractivity contribution in [2.24, 2.45) is 5.92 Å². The van der Waals surface area contributed by atoms with Crippen LogP contribution in [0.3, 0.4) is 0 Å². The van der Waals surface area contributed by atoms with Crippen molar-refractivity contribution in [2.75, 3.05) is 27.3 Å². The van der Waals surface area contributed by atoms with Crippen molar-refractivity contribution in [2.45, 2.75) is 25.7 Å². The van der Waals surface area contributed by atoms with E-state index in [1.807, 2.05) is 6.07 Å². The average Bonchev–Trinajstić information content (AvgIpc) is 2.52. The normalized spacial score (nSPS) is 18.0. The minimum Gasteiger partial charge on any atom is -0.493 e. The van der Waals surface area contributed by atoms with E-state index in [-0.39, 0.29) is 0 Å². The molecule has 0 fully saturated rings. The summed E-state index contributed by atoms with van der Waals surface area (Å²) < 4.78 is 10.6. The molecule has 110 valence electrons. The van der Waals surface area contributed by atoms with Crippen LogP contribution in [-0.2, 0) is 6.42 Å². The molecule has 1 aliphatic rings. The van der Waals surface area contributed by atoms with Crippen molar-refractivity contribution in [3.8, 4) is 11.5 Å². The molecule has 0 spiro atoms. The van der Waals surface area contributed by atoms with Crippen molar-refractivity contribution in [1.82, 2.24) is 5.32 Å². The fourth-order valence-electron chi connectivity index (χ4n) is 2.62. The zero-order valence-corrected chi connectivity index (χ0v) is 12.5. The van der Waals surface area contributed by atoms with E-state index in [1.54, 1.807) is 14.2 Å². The molecular weight excluding hydrogens is 250 g/mol. The zero-order valence-electron chi connectivity index (χ0n) is 12.5. The van der Waals surface area contributed by atoms with Crippen LogP contribution in [0.1, 0.15) is 24.8 Å². The molecule has 3 nitrogen and oxygen atoms in total. The first-order valence-electron chi connectivity index (χ1n) is 7.40. The van der Waals surface area contributed by atoms with Gasteiger partial charge in [0.1, 0.15) is 0 Å². The highest BCUT2D eigenvalue weighted by molar-refractivity contribution is 5.42. The van der Waals surface area contributed by atoms with Crippen molar-refractivity contribution in [3.05, 3.63) is 35.9 Å². The van der Waals surface area contributed by atoms with E-state index < -0.39 is 0 Å². The van der Waals surface area contributed by atoms with Gasteiger partial charge >= 0.3 is 0 Å². The number of nitrogens with one attached hydrogen (secondary N) is 1. The first kappa shape index (κ1) is 14.9. The van der Waals surface area contributed by atoms with Crippen LogP contribution < -0.4 is 14.8 Å². The Hall–Kier alpha value is -1.48. The second-order valence-electron chi connectivity index (χ2n) is 5.29. The Morgan fingerprint density at radius 3 is 2.70 bits per heavy atom. The van der Waals surface area contributed by atoms with Crippen molar-refractivity contribution < 1.29 is 9.47 Å². The van der Waals surface area contributed by atoms with E-state index in [0.29, 0.717) is 0 Å². The SMILES string of the molecule is COc1ccc(CCNCC2CC=CCC2)cc1OC. The molecule has 1 aliphatic carbocycles.